The molecule has 60 valence electrons. The number of carbonyl (C=O) groups is 1. The highest BCUT2D eigenvalue weighted by molar-refractivity contribution is 5.63. The van der Waals surface area contributed by atoms with Gasteiger partial charge >= 0.3 is 18.2 Å². The summed E-state index contributed by atoms with van der Waals surface area (Å²) < 4.78 is 21.1. The Labute approximate surface area is 62.7 Å². The number of nitrogens with zero attached hydrogens (tertiary/aromatic N) is 1. The molecule has 0 aromatic heterocycles. The van der Waals surface area contributed by atoms with Gasteiger partial charge in [-0.05, 0) is 0 Å². The van der Waals surface area contributed by atoms with E-state index in [0.717, 1.165) is 0 Å². The van der Waals surface area contributed by atoms with Crippen molar-refractivity contribution in [3.8, 4) is 0 Å². The van der Waals surface area contributed by atoms with Crippen molar-refractivity contribution in [2.75, 3.05) is 0 Å². The number of cyclic esters (lactones) is 2. The SMILES string of the molecule is [C-]#[N+]C1(CC)OC(=O)OC1F. The Kier molecular flexibility index (Phi) is 1.69. The van der Waals surface area contributed by atoms with E-state index in [1.807, 2.05) is 0 Å². The molecular weight excluding hydrogens is 153 g/mol. The lowest BCUT2D eigenvalue weighted by Gasteiger charge is -2.09. The lowest BCUT2D eigenvalue weighted by Crippen LogP contribution is -2.32. The fraction of sp³-hybridized carbons (Fsp3) is 0.667. The molecule has 0 N–H and O–H groups in total. The van der Waals surface area contributed by atoms with Crippen molar-refractivity contribution >= 4 is 6.16 Å². The zero-order valence-corrected chi connectivity index (χ0v) is 5.83. The van der Waals surface area contributed by atoms with E-state index in [1.54, 1.807) is 6.92 Å². The molecule has 1 rings (SSSR count). The minimum Gasteiger partial charge on any atom is -0.386 e. The molecule has 0 radical (unpaired) electrons. The molecule has 1 heterocycles. The van der Waals surface area contributed by atoms with E-state index in [9.17, 15) is 9.18 Å². The second-order valence-corrected chi connectivity index (χ2v) is 2.10. The summed E-state index contributed by atoms with van der Waals surface area (Å²) in [5.41, 5.74) is -1.74. The zero-order chi connectivity index (χ0) is 8.48. The predicted octanol–water partition coefficient (Wildman–Crippen LogP) is 1.47. The van der Waals surface area contributed by atoms with Crippen molar-refractivity contribution in [1.82, 2.24) is 0 Å². The Morgan fingerprint density at radius 1 is 1.91 bits per heavy atom. The predicted molar refractivity (Wildman–Crippen MR) is 32.1 cm³/mol. The average Bonchev–Trinajstić information content (AvgIpc) is 2.27. The van der Waals surface area contributed by atoms with Gasteiger partial charge in [0.1, 0.15) is 0 Å². The first-order valence-electron chi connectivity index (χ1n) is 3.07. The van der Waals surface area contributed by atoms with Gasteiger partial charge in [0.05, 0.1) is 6.42 Å². The summed E-state index contributed by atoms with van der Waals surface area (Å²) >= 11 is 0. The van der Waals surface area contributed by atoms with Crippen molar-refractivity contribution in [2.45, 2.75) is 25.4 Å². The first-order chi connectivity index (χ1) is 5.14. The molecule has 1 saturated heterocycles. The molecule has 2 atom stereocenters. The van der Waals surface area contributed by atoms with Crippen molar-refractivity contribution < 1.29 is 18.7 Å². The van der Waals surface area contributed by atoms with E-state index < -0.39 is 18.2 Å². The Bertz CT molecular complexity index is 224. The van der Waals surface area contributed by atoms with Crippen LogP contribution in [-0.2, 0) is 9.47 Å². The van der Waals surface area contributed by atoms with Gasteiger partial charge in [0.2, 0.25) is 0 Å². The van der Waals surface area contributed by atoms with Crippen LogP contribution in [0.4, 0.5) is 9.18 Å². The molecule has 5 heteroatoms. The lowest BCUT2D eigenvalue weighted by molar-refractivity contribution is -0.0139. The van der Waals surface area contributed by atoms with E-state index in [0.29, 0.717) is 0 Å². The quantitative estimate of drug-likeness (QED) is 0.429. The summed E-state index contributed by atoms with van der Waals surface area (Å²) in [4.78, 5) is 13.2. The number of alkyl halides is 1. The standard InChI is InChI=1S/C6H6FNO3/c1-3-6(8-2)4(7)10-5(9)11-6/h4H,3H2,1H3. The summed E-state index contributed by atoms with van der Waals surface area (Å²) in [5, 5.41) is 0. The Hall–Kier alpha value is -1.31. The summed E-state index contributed by atoms with van der Waals surface area (Å²) in [6, 6.07) is 0. The molecule has 0 amide bonds. The van der Waals surface area contributed by atoms with E-state index >= 15 is 0 Å². The van der Waals surface area contributed by atoms with Crippen molar-refractivity contribution in [2.24, 2.45) is 0 Å². The van der Waals surface area contributed by atoms with Crippen molar-refractivity contribution in [3.63, 3.8) is 0 Å². The third-order valence-corrected chi connectivity index (χ3v) is 1.51. The molecule has 1 aliphatic heterocycles. The monoisotopic (exact) mass is 159 g/mol. The van der Waals surface area contributed by atoms with Gasteiger partial charge < -0.3 is 9.47 Å². The second-order valence-electron chi connectivity index (χ2n) is 2.10. The maximum Gasteiger partial charge on any atom is 0.517 e. The van der Waals surface area contributed by atoms with E-state index in [4.69, 9.17) is 6.57 Å². The van der Waals surface area contributed by atoms with Gasteiger partial charge in [0.25, 0.3) is 0 Å². The van der Waals surface area contributed by atoms with Crippen LogP contribution >= 0.6 is 0 Å². The van der Waals surface area contributed by atoms with Crippen LogP contribution < -0.4 is 0 Å². The number of hydrogen-bond acceptors (Lipinski definition) is 3. The highest BCUT2D eigenvalue weighted by atomic mass is 19.1. The third-order valence-electron chi connectivity index (χ3n) is 1.51. The van der Waals surface area contributed by atoms with Crippen molar-refractivity contribution in [3.05, 3.63) is 11.4 Å². The van der Waals surface area contributed by atoms with Crippen LogP contribution in [0.25, 0.3) is 4.85 Å². The van der Waals surface area contributed by atoms with Crippen molar-refractivity contribution in [1.29, 1.82) is 0 Å². The van der Waals surface area contributed by atoms with Crippen LogP contribution in [0, 0.1) is 6.57 Å². The van der Waals surface area contributed by atoms with Gasteiger partial charge in [-0.2, -0.15) is 4.39 Å². The number of rotatable bonds is 1. The zero-order valence-electron chi connectivity index (χ0n) is 5.83. The number of halogens is 1. The minimum absolute atomic E-state index is 0.0867. The Morgan fingerprint density at radius 2 is 2.55 bits per heavy atom. The molecule has 0 aromatic rings. The lowest BCUT2D eigenvalue weighted by atomic mass is 10.2. The van der Waals surface area contributed by atoms with Crippen LogP contribution in [-0.4, -0.2) is 18.2 Å². The molecular formula is C6H6FNO3. The third kappa shape index (κ3) is 1.00. The minimum atomic E-state index is -1.96. The highest BCUT2D eigenvalue weighted by Gasteiger charge is 2.58. The van der Waals surface area contributed by atoms with Crippen LogP contribution in [0.15, 0.2) is 0 Å². The van der Waals surface area contributed by atoms with Crippen LogP contribution in [0.1, 0.15) is 13.3 Å². The van der Waals surface area contributed by atoms with E-state index in [-0.39, 0.29) is 6.42 Å². The molecule has 0 spiro atoms. The van der Waals surface area contributed by atoms with Gasteiger partial charge in [-0.15, -0.1) is 0 Å². The van der Waals surface area contributed by atoms with Gasteiger partial charge in [0, 0.05) is 0 Å². The molecule has 0 aliphatic carbocycles. The Morgan fingerprint density at radius 3 is 2.73 bits per heavy atom. The fourth-order valence-electron chi connectivity index (χ4n) is 0.777. The summed E-state index contributed by atoms with van der Waals surface area (Å²) in [5.74, 6) is 0. The number of ether oxygens (including phenoxy) is 2. The fourth-order valence-corrected chi connectivity index (χ4v) is 0.777. The normalized spacial score (nSPS) is 35.7. The topological polar surface area (TPSA) is 39.9 Å². The second kappa shape index (κ2) is 2.38. The molecule has 1 fully saturated rings. The van der Waals surface area contributed by atoms with Crippen LogP contribution in [0.5, 0.6) is 0 Å². The highest BCUT2D eigenvalue weighted by Crippen LogP contribution is 2.32. The summed E-state index contributed by atoms with van der Waals surface area (Å²) in [6.07, 6.45) is -2.99. The van der Waals surface area contributed by atoms with Gasteiger partial charge in [-0.3, -0.25) is 4.85 Å². The maximum absolute atomic E-state index is 12.7. The average molecular weight is 159 g/mol. The Balaban J connectivity index is 2.86. The van der Waals surface area contributed by atoms with Gasteiger partial charge in [-0.25, -0.2) is 11.4 Å². The molecule has 0 bridgehead atoms. The van der Waals surface area contributed by atoms with E-state index in [2.05, 4.69) is 14.3 Å². The summed E-state index contributed by atoms with van der Waals surface area (Å²) in [6.45, 7) is 8.14. The molecule has 2 unspecified atom stereocenters. The molecule has 0 saturated carbocycles. The molecule has 1 aliphatic rings. The molecule has 4 nitrogen and oxygen atoms in total. The first-order valence-corrected chi connectivity index (χ1v) is 3.07. The smallest absolute Gasteiger partial charge is 0.386 e. The van der Waals surface area contributed by atoms with Gasteiger partial charge in [-0.1, -0.05) is 6.92 Å². The molecule has 0 aromatic carbocycles. The number of hydrogen-bond donors (Lipinski definition) is 0. The maximum atomic E-state index is 12.7. The number of carbonyl (C=O) groups excluding carboxylic acids is 1. The largest absolute Gasteiger partial charge is 0.517 e. The van der Waals surface area contributed by atoms with Gasteiger partial charge in [0.15, 0.2) is 0 Å². The summed E-state index contributed by atoms with van der Waals surface area (Å²) in [7, 11) is 0. The first kappa shape index (κ1) is 7.79. The molecule has 11 heavy (non-hydrogen) atoms. The van der Waals surface area contributed by atoms with Crippen LogP contribution in [0.3, 0.4) is 0 Å². The van der Waals surface area contributed by atoms with E-state index in [1.165, 1.54) is 0 Å². The van der Waals surface area contributed by atoms with Crippen LogP contribution in [0.2, 0.25) is 0 Å².